The van der Waals surface area contributed by atoms with E-state index < -0.39 is 0 Å². The highest BCUT2D eigenvalue weighted by Gasteiger charge is 2.28. The van der Waals surface area contributed by atoms with Crippen molar-refractivity contribution in [1.82, 2.24) is 38.9 Å². The van der Waals surface area contributed by atoms with Crippen LogP contribution in [0.25, 0.3) is 16.8 Å². The zero-order valence-corrected chi connectivity index (χ0v) is 21.2. The first kappa shape index (κ1) is 22.7. The first-order valence-corrected chi connectivity index (χ1v) is 12.1. The van der Waals surface area contributed by atoms with E-state index >= 15 is 0 Å². The molecule has 0 radical (unpaired) electrons. The van der Waals surface area contributed by atoms with Gasteiger partial charge in [-0.05, 0) is 6.42 Å². The maximum Gasteiger partial charge on any atom is 0.210 e. The van der Waals surface area contributed by atoms with Gasteiger partial charge in [0, 0.05) is 49.3 Å². The number of nitrogens with one attached hydrogen (secondary N) is 1. The standard InChI is InChI=1S/C24H26ClN9O2/c1-24(2,3)17-10-18(31-34(17)14-5-8-35-13-14)29-23-30-22-21(32(23)4)20(25)16(12-27-22)36-15-9-19-26-6-7-33(19)28-11-15/h6-7,9-12,14H,5,8,13H2,1-4H3,(H,27,29,30,31)/t14-/m1/s1. The summed E-state index contributed by atoms with van der Waals surface area (Å²) < 4.78 is 17.2. The third-order valence-corrected chi connectivity index (χ3v) is 6.62. The summed E-state index contributed by atoms with van der Waals surface area (Å²) in [5, 5.41) is 12.9. The van der Waals surface area contributed by atoms with Gasteiger partial charge in [0.1, 0.15) is 10.5 Å². The van der Waals surface area contributed by atoms with Crippen molar-refractivity contribution in [1.29, 1.82) is 0 Å². The molecule has 36 heavy (non-hydrogen) atoms. The molecule has 1 atom stereocenters. The van der Waals surface area contributed by atoms with Crippen molar-refractivity contribution in [3.8, 4) is 11.5 Å². The third kappa shape index (κ3) is 3.94. The second-order valence-corrected chi connectivity index (χ2v) is 10.3. The molecule has 1 saturated heterocycles. The molecule has 0 saturated carbocycles. The molecular formula is C24H26ClN9O2. The van der Waals surface area contributed by atoms with Crippen molar-refractivity contribution < 1.29 is 9.47 Å². The molecule has 1 aliphatic heterocycles. The molecule has 1 aliphatic rings. The van der Waals surface area contributed by atoms with Crippen LogP contribution in [0.3, 0.4) is 0 Å². The molecule has 11 nitrogen and oxygen atoms in total. The topological polar surface area (TPSA) is 109 Å². The van der Waals surface area contributed by atoms with Gasteiger partial charge in [0.05, 0.1) is 25.0 Å². The van der Waals surface area contributed by atoms with Crippen molar-refractivity contribution in [2.75, 3.05) is 18.5 Å². The molecule has 5 aromatic rings. The van der Waals surface area contributed by atoms with Crippen LogP contribution in [0.1, 0.15) is 38.9 Å². The molecule has 0 aliphatic carbocycles. The lowest BCUT2D eigenvalue weighted by atomic mass is 9.91. The van der Waals surface area contributed by atoms with Crippen molar-refractivity contribution in [3.05, 3.63) is 47.6 Å². The zero-order chi connectivity index (χ0) is 25.0. The van der Waals surface area contributed by atoms with Crippen LogP contribution >= 0.6 is 11.6 Å². The van der Waals surface area contributed by atoms with Crippen LogP contribution in [0, 0.1) is 0 Å². The fraction of sp³-hybridized carbons (Fsp3) is 0.375. The van der Waals surface area contributed by atoms with E-state index in [2.05, 4.69) is 56.9 Å². The molecule has 1 fully saturated rings. The summed E-state index contributed by atoms with van der Waals surface area (Å²) in [6.07, 6.45) is 7.54. The molecular weight excluding hydrogens is 482 g/mol. The highest BCUT2D eigenvalue weighted by atomic mass is 35.5. The van der Waals surface area contributed by atoms with Gasteiger partial charge in [-0.25, -0.2) is 14.5 Å². The van der Waals surface area contributed by atoms with Crippen molar-refractivity contribution in [2.24, 2.45) is 7.05 Å². The summed E-state index contributed by atoms with van der Waals surface area (Å²) in [7, 11) is 1.87. The molecule has 0 amide bonds. The Labute approximate surface area is 212 Å². The first-order chi connectivity index (χ1) is 17.3. The Hall–Kier alpha value is -3.70. The molecule has 12 heteroatoms. The molecule has 0 aromatic carbocycles. The number of aryl methyl sites for hydroxylation is 1. The number of pyridine rings is 1. The third-order valence-electron chi connectivity index (χ3n) is 6.26. The predicted octanol–water partition coefficient (Wildman–Crippen LogP) is 4.66. The normalized spacial score (nSPS) is 16.3. The van der Waals surface area contributed by atoms with Crippen LogP contribution in [0.15, 0.2) is 36.9 Å². The Balaban J connectivity index is 1.32. The zero-order valence-electron chi connectivity index (χ0n) is 20.4. The number of hydrogen-bond acceptors (Lipinski definition) is 8. The van der Waals surface area contributed by atoms with E-state index in [1.165, 1.54) is 0 Å². The molecule has 186 valence electrons. The number of hydrogen-bond donors (Lipinski definition) is 1. The van der Waals surface area contributed by atoms with Crippen LogP contribution < -0.4 is 10.1 Å². The maximum atomic E-state index is 6.76. The van der Waals surface area contributed by atoms with E-state index in [-0.39, 0.29) is 11.5 Å². The summed E-state index contributed by atoms with van der Waals surface area (Å²) in [6, 6.07) is 4.07. The average Bonchev–Trinajstić information content (AvgIpc) is 3.62. The highest BCUT2D eigenvalue weighted by Crippen LogP contribution is 2.36. The van der Waals surface area contributed by atoms with Gasteiger partial charge >= 0.3 is 0 Å². The fourth-order valence-electron chi connectivity index (χ4n) is 4.40. The minimum absolute atomic E-state index is 0.0762. The number of halogens is 1. The smallest absolute Gasteiger partial charge is 0.210 e. The van der Waals surface area contributed by atoms with Gasteiger partial charge in [-0.3, -0.25) is 4.68 Å². The lowest BCUT2D eigenvalue weighted by molar-refractivity contribution is 0.183. The fourth-order valence-corrected chi connectivity index (χ4v) is 4.69. The number of fused-ring (bicyclic) bond motifs is 2. The summed E-state index contributed by atoms with van der Waals surface area (Å²) in [5.74, 6) is 2.19. The Morgan fingerprint density at radius 3 is 2.83 bits per heavy atom. The van der Waals surface area contributed by atoms with Crippen molar-refractivity contribution in [3.63, 3.8) is 0 Å². The summed E-state index contributed by atoms with van der Waals surface area (Å²) in [6.45, 7) is 7.96. The SMILES string of the molecule is Cn1c(Nc2cc(C(C)(C)C)n([C@@H]3CCOC3)n2)nc2ncc(Oc3cnn4ccnc4c3)c(Cl)c21. The van der Waals surface area contributed by atoms with Gasteiger partial charge in [-0.2, -0.15) is 15.2 Å². The average molecular weight is 508 g/mol. The van der Waals surface area contributed by atoms with Gasteiger partial charge in [0.25, 0.3) is 0 Å². The van der Waals surface area contributed by atoms with E-state index in [0.717, 1.165) is 18.7 Å². The second kappa shape index (κ2) is 8.45. The molecule has 6 rings (SSSR count). The summed E-state index contributed by atoms with van der Waals surface area (Å²) in [5.41, 5.74) is 2.87. The van der Waals surface area contributed by atoms with E-state index in [9.17, 15) is 0 Å². The number of rotatable bonds is 5. The number of ether oxygens (including phenoxy) is 2. The molecule has 5 aromatic heterocycles. The molecule has 1 N–H and O–H groups in total. The highest BCUT2D eigenvalue weighted by molar-refractivity contribution is 6.36. The Morgan fingerprint density at radius 2 is 2.06 bits per heavy atom. The van der Waals surface area contributed by atoms with Gasteiger partial charge in [0.15, 0.2) is 28.6 Å². The summed E-state index contributed by atoms with van der Waals surface area (Å²) >= 11 is 6.76. The van der Waals surface area contributed by atoms with E-state index in [1.807, 2.05) is 11.6 Å². The Kier molecular flexibility index (Phi) is 5.34. The second-order valence-electron chi connectivity index (χ2n) is 9.88. The lowest BCUT2D eigenvalue weighted by Gasteiger charge is -2.22. The van der Waals surface area contributed by atoms with Gasteiger partial charge in [-0.1, -0.05) is 32.4 Å². The number of anilines is 2. The van der Waals surface area contributed by atoms with Gasteiger partial charge in [-0.15, -0.1) is 0 Å². The lowest BCUT2D eigenvalue weighted by Crippen LogP contribution is -2.22. The monoisotopic (exact) mass is 507 g/mol. The van der Waals surface area contributed by atoms with Crippen molar-refractivity contribution >= 4 is 40.2 Å². The van der Waals surface area contributed by atoms with Gasteiger partial charge < -0.3 is 19.4 Å². The summed E-state index contributed by atoms with van der Waals surface area (Å²) in [4.78, 5) is 13.4. The molecule has 0 spiro atoms. The molecule has 6 heterocycles. The number of imidazole rings is 2. The minimum Gasteiger partial charge on any atom is -0.452 e. The number of aromatic nitrogens is 8. The van der Waals surface area contributed by atoms with Crippen LogP contribution in [0.5, 0.6) is 11.5 Å². The molecule has 0 bridgehead atoms. The Morgan fingerprint density at radius 1 is 1.19 bits per heavy atom. The van der Waals surface area contributed by atoms with Crippen LogP contribution in [-0.2, 0) is 17.2 Å². The maximum absolute atomic E-state index is 6.76. The van der Waals surface area contributed by atoms with Crippen LogP contribution in [-0.4, -0.2) is 52.1 Å². The Bertz CT molecular complexity index is 1570. The van der Waals surface area contributed by atoms with E-state index in [1.54, 1.807) is 35.4 Å². The van der Waals surface area contributed by atoms with E-state index in [0.29, 0.717) is 51.7 Å². The predicted molar refractivity (Wildman–Crippen MR) is 135 cm³/mol. The number of nitrogens with zero attached hydrogens (tertiary/aromatic N) is 8. The van der Waals surface area contributed by atoms with Crippen LogP contribution in [0.2, 0.25) is 5.02 Å². The first-order valence-electron chi connectivity index (χ1n) is 11.7. The quantitative estimate of drug-likeness (QED) is 0.366. The van der Waals surface area contributed by atoms with E-state index in [4.69, 9.17) is 26.2 Å². The van der Waals surface area contributed by atoms with Crippen molar-refractivity contribution in [2.45, 2.75) is 38.6 Å². The van der Waals surface area contributed by atoms with Gasteiger partial charge in [0.2, 0.25) is 5.95 Å². The minimum atomic E-state index is -0.0762. The van der Waals surface area contributed by atoms with Crippen LogP contribution in [0.4, 0.5) is 11.8 Å². The molecule has 0 unspecified atom stereocenters. The largest absolute Gasteiger partial charge is 0.452 e.